The van der Waals surface area contributed by atoms with E-state index in [0.717, 1.165) is 23.1 Å². The molecule has 0 radical (unpaired) electrons. The Hall–Kier alpha value is -2.12. The molecule has 6 nitrogen and oxygen atoms in total. The number of hydrogen-bond acceptors (Lipinski definition) is 6. The summed E-state index contributed by atoms with van der Waals surface area (Å²) in [4.78, 5) is 18.3. The van der Waals surface area contributed by atoms with E-state index in [9.17, 15) is 4.79 Å². The average Bonchev–Trinajstić information content (AvgIpc) is 2.97. The molecular formula is C16H17ClN4O2S. The second-order valence-electron chi connectivity index (χ2n) is 5.45. The molecule has 1 aromatic carbocycles. The van der Waals surface area contributed by atoms with E-state index in [1.807, 2.05) is 0 Å². The number of carbonyl (C=O) groups is 1. The molecule has 0 atom stereocenters. The van der Waals surface area contributed by atoms with Crippen molar-refractivity contribution in [3.8, 4) is 0 Å². The van der Waals surface area contributed by atoms with E-state index in [2.05, 4.69) is 20.4 Å². The molecule has 24 heavy (non-hydrogen) atoms. The van der Waals surface area contributed by atoms with Gasteiger partial charge in [-0.25, -0.2) is 9.78 Å². The first-order valence-corrected chi connectivity index (χ1v) is 8.86. The number of hydrogen-bond donors (Lipinski definition) is 2. The van der Waals surface area contributed by atoms with Gasteiger partial charge in [-0.1, -0.05) is 22.9 Å². The maximum atomic E-state index is 10.8. The van der Waals surface area contributed by atoms with Gasteiger partial charge in [-0.05, 0) is 43.5 Å². The number of hydrazone groups is 1. The third-order valence-corrected chi connectivity index (χ3v) is 5.18. The smallest absolute Gasteiger partial charge is 0.335 e. The summed E-state index contributed by atoms with van der Waals surface area (Å²) in [6, 6.07) is 6.37. The minimum Gasteiger partial charge on any atom is -0.478 e. The Morgan fingerprint density at radius 1 is 1.29 bits per heavy atom. The van der Waals surface area contributed by atoms with Crippen LogP contribution in [0.3, 0.4) is 0 Å². The van der Waals surface area contributed by atoms with Gasteiger partial charge in [0.05, 0.1) is 22.3 Å². The maximum Gasteiger partial charge on any atom is 0.335 e. The normalized spacial score (nSPS) is 15.0. The molecule has 3 rings (SSSR count). The number of aromatic carboxylic acids is 1. The number of halogens is 1. The first-order chi connectivity index (χ1) is 11.6. The molecule has 1 aliphatic rings. The van der Waals surface area contributed by atoms with Crippen LogP contribution in [0, 0.1) is 0 Å². The van der Waals surface area contributed by atoms with Gasteiger partial charge in [0.2, 0.25) is 0 Å². The highest BCUT2D eigenvalue weighted by atomic mass is 35.5. The summed E-state index contributed by atoms with van der Waals surface area (Å²) in [6.07, 6.45) is 5.29. The van der Waals surface area contributed by atoms with Crippen LogP contribution < -0.4 is 10.3 Å². The van der Waals surface area contributed by atoms with Gasteiger partial charge in [0, 0.05) is 13.1 Å². The van der Waals surface area contributed by atoms with Gasteiger partial charge in [-0.3, -0.25) is 5.43 Å². The van der Waals surface area contributed by atoms with Gasteiger partial charge >= 0.3 is 5.97 Å². The van der Waals surface area contributed by atoms with E-state index < -0.39 is 5.97 Å². The minimum absolute atomic E-state index is 0.237. The molecular weight excluding hydrogens is 348 g/mol. The topological polar surface area (TPSA) is 77.8 Å². The van der Waals surface area contributed by atoms with Crippen molar-refractivity contribution in [1.29, 1.82) is 0 Å². The lowest BCUT2D eigenvalue weighted by molar-refractivity contribution is 0.0697. The molecule has 1 fully saturated rings. The number of nitrogens with one attached hydrogen (secondary N) is 1. The Morgan fingerprint density at radius 2 is 2.00 bits per heavy atom. The fourth-order valence-electron chi connectivity index (χ4n) is 2.46. The van der Waals surface area contributed by atoms with Crippen molar-refractivity contribution in [1.82, 2.24) is 4.98 Å². The zero-order valence-corrected chi connectivity index (χ0v) is 14.5. The molecule has 2 aromatic rings. The monoisotopic (exact) mass is 364 g/mol. The van der Waals surface area contributed by atoms with Crippen LogP contribution in [0.4, 0.5) is 10.8 Å². The molecule has 1 saturated heterocycles. The highest BCUT2D eigenvalue weighted by Crippen LogP contribution is 2.30. The molecule has 2 heterocycles. The van der Waals surface area contributed by atoms with Gasteiger partial charge in [0.25, 0.3) is 0 Å². The molecule has 0 saturated carbocycles. The number of aromatic nitrogens is 1. The molecule has 0 unspecified atom stereocenters. The van der Waals surface area contributed by atoms with Crippen LogP contribution in [0.2, 0.25) is 5.15 Å². The van der Waals surface area contributed by atoms with Gasteiger partial charge in [0.15, 0.2) is 10.3 Å². The number of nitrogens with zero attached hydrogens (tertiary/aromatic N) is 3. The minimum atomic E-state index is -0.952. The summed E-state index contributed by atoms with van der Waals surface area (Å²) < 4.78 is 0. The summed E-state index contributed by atoms with van der Waals surface area (Å²) in [5.74, 6) is -0.952. The number of thiazole rings is 1. The fraction of sp³-hybridized carbons (Fsp3) is 0.312. The average molecular weight is 365 g/mol. The molecule has 0 aliphatic carbocycles. The van der Waals surface area contributed by atoms with Gasteiger partial charge in [0.1, 0.15) is 0 Å². The van der Waals surface area contributed by atoms with Crippen molar-refractivity contribution in [2.24, 2.45) is 5.10 Å². The summed E-state index contributed by atoms with van der Waals surface area (Å²) in [5.41, 5.74) is 3.80. The lowest BCUT2D eigenvalue weighted by atomic mass is 10.1. The molecule has 126 valence electrons. The zero-order valence-electron chi connectivity index (χ0n) is 12.9. The van der Waals surface area contributed by atoms with Crippen molar-refractivity contribution in [2.75, 3.05) is 23.4 Å². The second-order valence-corrected chi connectivity index (χ2v) is 6.82. The summed E-state index contributed by atoms with van der Waals surface area (Å²) >= 11 is 7.71. The third-order valence-electron chi connectivity index (χ3n) is 3.73. The van der Waals surface area contributed by atoms with Crippen LogP contribution in [0.25, 0.3) is 0 Å². The van der Waals surface area contributed by atoms with E-state index in [0.29, 0.717) is 10.8 Å². The summed E-state index contributed by atoms with van der Waals surface area (Å²) in [6.45, 7) is 2.04. The van der Waals surface area contributed by atoms with Gasteiger partial charge in [-0.15, -0.1) is 0 Å². The number of benzene rings is 1. The maximum absolute atomic E-state index is 10.8. The Balaban J connectivity index is 1.63. The van der Waals surface area contributed by atoms with E-state index >= 15 is 0 Å². The molecule has 1 aromatic heterocycles. The van der Waals surface area contributed by atoms with Crippen LogP contribution in [-0.2, 0) is 0 Å². The van der Waals surface area contributed by atoms with Crippen molar-refractivity contribution in [2.45, 2.75) is 19.3 Å². The Kier molecular flexibility index (Phi) is 5.32. The molecule has 0 amide bonds. The third kappa shape index (κ3) is 4.04. The standard InChI is InChI=1S/C16H17ClN4O2S/c17-14-13(24-16(19-14)21-8-2-1-3-9-21)10-18-20-12-6-4-11(5-7-12)15(22)23/h4-7,10,20H,1-3,8-9H2,(H,22,23)/b18-10-. The van der Waals surface area contributed by atoms with E-state index in [-0.39, 0.29) is 5.56 Å². The van der Waals surface area contributed by atoms with Crippen molar-refractivity contribution in [3.63, 3.8) is 0 Å². The van der Waals surface area contributed by atoms with E-state index in [4.69, 9.17) is 16.7 Å². The Morgan fingerprint density at radius 3 is 2.67 bits per heavy atom. The van der Waals surface area contributed by atoms with Gasteiger partial charge in [-0.2, -0.15) is 5.10 Å². The number of carboxylic acids is 1. The zero-order chi connectivity index (χ0) is 16.9. The number of piperidine rings is 1. The van der Waals surface area contributed by atoms with Crippen molar-refractivity contribution in [3.05, 3.63) is 39.9 Å². The molecule has 1 aliphatic heterocycles. The van der Waals surface area contributed by atoms with Crippen LogP contribution in [0.15, 0.2) is 29.4 Å². The van der Waals surface area contributed by atoms with Crippen molar-refractivity contribution < 1.29 is 9.90 Å². The van der Waals surface area contributed by atoms with E-state index in [1.165, 1.54) is 42.7 Å². The largest absolute Gasteiger partial charge is 0.478 e. The lowest BCUT2D eigenvalue weighted by Gasteiger charge is -2.25. The van der Waals surface area contributed by atoms with Crippen LogP contribution in [0.1, 0.15) is 34.5 Å². The first-order valence-electron chi connectivity index (χ1n) is 7.67. The van der Waals surface area contributed by atoms with Crippen LogP contribution >= 0.6 is 22.9 Å². The Bertz CT molecular complexity index is 739. The molecule has 0 spiro atoms. The number of rotatable bonds is 5. The number of anilines is 2. The lowest BCUT2D eigenvalue weighted by Crippen LogP contribution is -2.29. The quantitative estimate of drug-likeness (QED) is 0.620. The Labute approximate surface area is 148 Å². The number of carboxylic acid groups (broad SMARTS) is 1. The highest BCUT2D eigenvalue weighted by Gasteiger charge is 2.16. The molecule has 8 heteroatoms. The van der Waals surface area contributed by atoms with E-state index in [1.54, 1.807) is 18.3 Å². The van der Waals surface area contributed by atoms with Crippen molar-refractivity contribution >= 4 is 45.9 Å². The van der Waals surface area contributed by atoms with Gasteiger partial charge < -0.3 is 10.0 Å². The van der Waals surface area contributed by atoms with Crippen LogP contribution in [-0.4, -0.2) is 35.4 Å². The first kappa shape index (κ1) is 16.7. The summed E-state index contributed by atoms with van der Waals surface area (Å²) in [7, 11) is 0. The van der Waals surface area contributed by atoms with Crippen LogP contribution in [0.5, 0.6) is 0 Å². The second kappa shape index (κ2) is 7.63. The highest BCUT2D eigenvalue weighted by molar-refractivity contribution is 7.17. The predicted octanol–water partition coefficient (Wildman–Crippen LogP) is 3.93. The predicted molar refractivity (Wildman–Crippen MR) is 97.8 cm³/mol. The molecule has 2 N–H and O–H groups in total. The SMILES string of the molecule is O=C(O)c1ccc(N/N=C\c2sc(N3CCCCC3)nc2Cl)cc1. The fourth-order valence-corrected chi connectivity index (χ4v) is 3.63. The molecule has 0 bridgehead atoms. The summed E-state index contributed by atoms with van der Waals surface area (Å²) in [5, 5.41) is 14.4.